The van der Waals surface area contributed by atoms with Gasteiger partial charge in [-0.1, -0.05) is 78.0 Å². The Morgan fingerprint density at radius 3 is 2.00 bits per heavy atom. The van der Waals surface area contributed by atoms with E-state index in [0.29, 0.717) is 13.0 Å². The van der Waals surface area contributed by atoms with Crippen LogP contribution in [0.1, 0.15) is 65.5 Å². The summed E-state index contributed by atoms with van der Waals surface area (Å²) in [4.78, 5) is 0. The Kier molecular flexibility index (Phi) is 14.4. The van der Waals surface area contributed by atoms with E-state index >= 15 is 0 Å². The summed E-state index contributed by atoms with van der Waals surface area (Å²) in [5.41, 5.74) is 2.35. The summed E-state index contributed by atoms with van der Waals surface area (Å²) in [6.07, 6.45) is 7.58. The van der Waals surface area contributed by atoms with E-state index in [4.69, 9.17) is 22.2 Å². The van der Waals surface area contributed by atoms with Crippen molar-refractivity contribution in [3.05, 3.63) is 47.5 Å². The van der Waals surface area contributed by atoms with Gasteiger partial charge in [-0.3, -0.25) is 4.18 Å². The van der Waals surface area contributed by atoms with Crippen LogP contribution in [0.4, 0.5) is 0 Å². The molecular weight excluding hydrogens is 649 g/mol. The summed E-state index contributed by atoms with van der Waals surface area (Å²) in [7, 11) is -7.98. The van der Waals surface area contributed by atoms with Crippen LogP contribution in [0.25, 0.3) is 0 Å². The predicted molar refractivity (Wildman–Crippen MR) is 199 cm³/mol. The van der Waals surface area contributed by atoms with Crippen LogP contribution in [0.5, 0.6) is 0 Å². The molecule has 1 aromatic carbocycles. The molecule has 0 heterocycles. The molecule has 5 atom stereocenters. The van der Waals surface area contributed by atoms with Crippen LogP contribution in [0, 0.1) is 11.8 Å². The topological polar surface area (TPSA) is 80.3 Å². The van der Waals surface area contributed by atoms with Crippen LogP contribution in [0.15, 0.2) is 36.4 Å². The lowest BCUT2D eigenvalue weighted by Gasteiger charge is -2.40. The van der Waals surface area contributed by atoms with Gasteiger partial charge in [-0.15, -0.1) is 0 Å². The predicted octanol–water partition coefficient (Wildman–Crippen LogP) is 8.94. The number of methoxy groups -OCH3 is 1. The fraction of sp³-hybridized carbons (Fsp3) is 0.771. The van der Waals surface area contributed by atoms with E-state index in [0.717, 1.165) is 24.7 Å². The van der Waals surface area contributed by atoms with Crippen molar-refractivity contribution in [2.24, 2.45) is 11.8 Å². The third-order valence-electron chi connectivity index (χ3n) is 9.91. The maximum absolute atomic E-state index is 11.9. The quantitative estimate of drug-likeness (QED) is 0.0961. The Morgan fingerprint density at radius 2 is 1.48 bits per heavy atom. The average molecular weight is 715 g/mol. The molecule has 2 rings (SSSR count). The van der Waals surface area contributed by atoms with Crippen molar-refractivity contribution in [1.29, 1.82) is 0 Å². The standard InChI is InChI=1S/C35H66O7SSi3/c1-34(2,3)45(12,13)40-29(24-27-17-16-18-28(23-27)26-38-7)19-20-30-31(21-22-39-43(8,36)37)32(41-44(9,10)11)25-33(30)42-46(14,15)35(4,5)6/h16-20,23,29-33H,21-22,24-26H2,1-15H3/b20-19+/t29-,30-,31-,32+,33-/m1/s1. The van der Waals surface area contributed by atoms with E-state index in [1.54, 1.807) is 7.11 Å². The van der Waals surface area contributed by atoms with Gasteiger partial charge in [0.1, 0.15) is 0 Å². The van der Waals surface area contributed by atoms with Gasteiger partial charge in [0.05, 0.1) is 37.8 Å². The summed E-state index contributed by atoms with van der Waals surface area (Å²) in [5, 5.41) is 0.106. The van der Waals surface area contributed by atoms with Crippen LogP contribution in [0.2, 0.25) is 55.9 Å². The summed E-state index contributed by atoms with van der Waals surface area (Å²) in [6.45, 7) is 30.2. The molecule has 0 unspecified atom stereocenters. The zero-order valence-corrected chi connectivity index (χ0v) is 35.5. The van der Waals surface area contributed by atoms with E-state index in [1.807, 2.05) is 0 Å². The lowest BCUT2D eigenvalue weighted by atomic mass is 9.90. The van der Waals surface area contributed by atoms with Gasteiger partial charge in [-0.25, -0.2) is 0 Å². The summed E-state index contributed by atoms with van der Waals surface area (Å²) < 4.78 is 55.6. The number of ether oxygens (including phenoxy) is 1. The van der Waals surface area contributed by atoms with Crippen LogP contribution in [-0.2, 0) is 45.3 Å². The van der Waals surface area contributed by atoms with Crippen molar-refractivity contribution >= 4 is 35.1 Å². The molecule has 0 N–H and O–H groups in total. The Bertz CT molecular complexity index is 1240. The maximum atomic E-state index is 11.9. The Labute approximate surface area is 285 Å². The van der Waals surface area contributed by atoms with Gasteiger partial charge in [0.25, 0.3) is 10.1 Å². The second-order valence-corrected chi connectivity index (χ2v) is 32.9. The van der Waals surface area contributed by atoms with Gasteiger partial charge in [0.15, 0.2) is 25.0 Å². The van der Waals surface area contributed by atoms with E-state index in [1.165, 1.54) is 5.56 Å². The van der Waals surface area contributed by atoms with Crippen molar-refractivity contribution < 1.29 is 30.6 Å². The van der Waals surface area contributed by atoms with E-state index in [-0.39, 0.29) is 46.8 Å². The van der Waals surface area contributed by atoms with Crippen molar-refractivity contribution in [2.45, 2.75) is 142 Å². The third-order valence-corrected chi connectivity index (χ3v) is 20.5. The molecule has 1 fully saturated rings. The first kappa shape index (κ1) is 41.5. The Morgan fingerprint density at radius 1 is 0.891 bits per heavy atom. The number of benzene rings is 1. The van der Waals surface area contributed by atoms with Crippen LogP contribution < -0.4 is 0 Å². The number of rotatable bonds is 16. The third kappa shape index (κ3) is 13.0. The molecule has 0 aromatic heterocycles. The molecule has 46 heavy (non-hydrogen) atoms. The first-order chi connectivity index (χ1) is 20.7. The van der Waals surface area contributed by atoms with Gasteiger partial charge in [-0.2, -0.15) is 8.42 Å². The highest BCUT2D eigenvalue weighted by Gasteiger charge is 2.49. The van der Waals surface area contributed by atoms with Gasteiger partial charge in [0, 0.05) is 19.4 Å². The van der Waals surface area contributed by atoms with Crippen LogP contribution in [0.3, 0.4) is 0 Å². The van der Waals surface area contributed by atoms with Gasteiger partial charge in [0.2, 0.25) is 0 Å². The lowest BCUT2D eigenvalue weighted by molar-refractivity contribution is 0.123. The number of hydrogen-bond donors (Lipinski definition) is 0. The van der Waals surface area contributed by atoms with Crippen molar-refractivity contribution in [3.63, 3.8) is 0 Å². The molecule has 1 aliphatic rings. The van der Waals surface area contributed by atoms with Crippen molar-refractivity contribution in [1.82, 2.24) is 0 Å². The second-order valence-electron chi connectivity index (χ2n) is 17.2. The van der Waals surface area contributed by atoms with Gasteiger partial charge < -0.3 is 18.0 Å². The smallest absolute Gasteiger partial charge is 0.264 e. The van der Waals surface area contributed by atoms with E-state index in [2.05, 4.69) is 124 Å². The molecule has 1 saturated carbocycles. The van der Waals surface area contributed by atoms with E-state index < -0.39 is 35.1 Å². The number of hydrogen-bond acceptors (Lipinski definition) is 7. The fourth-order valence-electron chi connectivity index (χ4n) is 5.54. The molecule has 7 nitrogen and oxygen atoms in total. The molecule has 266 valence electrons. The van der Waals surface area contributed by atoms with E-state index in [9.17, 15) is 8.42 Å². The molecule has 0 saturated heterocycles. The zero-order chi connectivity index (χ0) is 35.4. The van der Waals surface area contributed by atoms with Gasteiger partial charge >= 0.3 is 0 Å². The second kappa shape index (κ2) is 15.9. The first-order valence-corrected chi connectivity index (χ1v) is 27.9. The first-order valence-electron chi connectivity index (χ1n) is 16.9. The summed E-state index contributed by atoms with van der Waals surface area (Å²) in [6, 6.07) is 8.56. The largest absolute Gasteiger partial charge is 0.414 e. The molecule has 0 amide bonds. The molecule has 0 radical (unpaired) electrons. The minimum Gasteiger partial charge on any atom is -0.414 e. The monoisotopic (exact) mass is 714 g/mol. The SMILES string of the molecule is COCc1cccc(C[C@@H](/C=C/[C@@H]2[C@@H](CCOS(C)(=O)=O)[C@@H](O[Si](C)(C)C)C[C@H]2O[Si](C)(C)C(C)(C)C)O[Si](C)(C)C(C)(C)C)c1. The fourth-order valence-corrected chi connectivity index (χ4v) is 9.75. The normalized spacial score (nSPS) is 22.9. The Balaban J connectivity index is 2.60. The molecule has 0 spiro atoms. The highest BCUT2D eigenvalue weighted by molar-refractivity contribution is 7.85. The van der Waals surface area contributed by atoms with Gasteiger partial charge in [-0.05, 0) is 85.8 Å². The molecule has 1 aromatic rings. The maximum Gasteiger partial charge on any atom is 0.264 e. The highest BCUT2D eigenvalue weighted by Crippen LogP contribution is 2.46. The summed E-state index contributed by atoms with van der Waals surface area (Å²) >= 11 is 0. The van der Waals surface area contributed by atoms with Crippen LogP contribution in [-0.4, -0.2) is 71.7 Å². The minimum absolute atomic E-state index is 0.0315. The minimum atomic E-state index is -3.55. The molecule has 0 aliphatic heterocycles. The summed E-state index contributed by atoms with van der Waals surface area (Å²) in [5.74, 6) is 0.0852. The Hall–Kier alpha value is -0.639. The molecule has 0 bridgehead atoms. The molecular formula is C35H66O7SSi3. The molecule has 11 heteroatoms. The van der Waals surface area contributed by atoms with Crippen LogP contribution >= 0.6 is 0 Å². The average Bonchev–Trinajstić information content (AvgIpc) is 3.14. The van der Waals surface area contributed by atoms with Crippen molar-refractivity contribution in [2.75, 3.05) is 20.0 Å². The molecule has 1 aliphatic carbocycles. The lowest BCUT2D eigenvalue weighted by Crippen LogP contribution is -2.45. The zero-order valence-electron chi connectivity index (χ0n) is 31.7. The van der Waals surface area contributed by atoms with Crippen molar-refractivity contribution in [3.8, 4) is 0 Å². The highest BCUT2D eigenvalue weighted by atomic mass is 32.2.